The number of likely N-dealkylation sites (tertiary alicyclic amines) is 1. The predicted octanol–water partition coefficient (Wildman–Crippen LogP) is 5.85. The van der Waals surface area contributed by atoms with Gasteiger partial charge in [-0.15, -0.1) is 11.8 Å². The van der Waals surface area contributed by atoms with Crippen LogP contribution in [0.4, 0.5) is 10.5 Å². The van der Waals surface area contributed by atoms with Crippen molar-refractivity contribution in [3.63, 3.8) is 0 Å². The molecule has 208 valence electrons. The number of fused-ring (bicyclic) bond motifs is 1. The summed E-state index contributed by atoms with van der Waals surface area (Å²) in [6, 6.07) is 8.01. The van der Waals surface area contributed by atoms with Crippen molar-refractivity contribution in [2.75, 3.05) is 25.0 Å². The van der Waals surface area contributed by atoms with Gasteiger partial charge in [0.1, 0.15) is 0 Å². The Bertz CT molecular complexity index is 1040. The minimum absolute atomic E-state index is 0.0505. The lowest BCUT2D eigenvalue weighted by atomic mass is 9.91. The summed E-state index contributed by atoms with van der Waals surface area (Å²) in [7, 11) is 0. The molecule has 1 unspecified atom stereocenters. The maximum Gasteiger partial charge on any atom is 0.322 e. The Morgan fingerprint density at radius 3 is 2.42 bits per heavy atom. The summed E-state index contributed by atoms with van der Waals surface area (Å²) >= 11 is 1.79. The lowest BCUT2D eigenvalue weighted by Crippen LogP contribution is -2.51. The third-order valence-corrected chi connectivity index (χ3v) is 10.6. The van der Waals surface area contributed by atoms with Gasteiger partial charge < -0.3 is 20.0 Å². The van der Waals surface area contributed by atoms with E-state index < -0.39 is 0 Å². The standard InChI is InChI=1S/C30H44N4O3S/c1-29(2,3)16-19-34-27(36)25(38-30(34)14-8-4-5-9-15-30)20-26(35)32-17-12-23(13-18-32)33-21-22-10-6-7-11-24(22)31-28(33)37/h6-7,10-11,23,25H,4-5,8-9,12-21H2,1-3H3,(H,31,37). The van der Waals surface area contributed by atoms with Crippen LogP contribution in [0.5, 0.6) is 0 Å². The van der Waals surface area contributed by atoms with Crippen LogP contribution in [0.15, 0.2) is 24.3 Å². The van der Waals surface area contributed by atoms with Crippen LogP contribution in [0.2, 0.25) is 0 Å². The van der Waals surface area contributed by atoms with E-state index in [1.807, 2.05) is 28.0 Å². The van der Waals surface area contributed by atoms with Gasteiger partial charge in [0.15, 0.2) is 0 Å². The number of para-hydroxylation sites is 1. The van der Waals surface area contributed by atoms with Crippen molar-refractivity contribution >= 4 is 35.3 Å². The number of rotatable bonds is 5. The van der Waals surface area contributed by atoms with E-state index in [0.717, 1.165) is 62.7 Å². The first-order valence-corrected chi connectivity index (χ1v) is 15.5. The molecule has 0 aromatic heterocycles. The van der Waals surface area contributed by atoms with E-state index in [9.17, 15) is 14.4 Å². The van der Waals surface area contributed by atoms with E-state index in [1.165, 1.54) is 12.8 Å². The van der Waals surface area contributed by atoms with Crippen LogP contribution in [0.1, 0.15) is 90.5 Å². The second-order valence-electron chi connectivity index (χ2n) is 12.8. The number of thioether (sulfide) groups is 1. The van der Waals surface area contributed by atoms with Crippen LogP contribution in [0.25, 0.3) is 0 Å². The highest BCUT2D eigenvalue weighted by Crippen LogP contribution is 2.51. The molecular weight excluding hydrogens is 496 g/mol. The second kappa shape index (κ2) is 11.1. The second-order valence-corrected chi connectivity index (χ2v) is 14.4. The van der Waals surface area contributed by atoms with Crippen molar-refractivity contribution in [3.8, 4) is 0 Å². The number of benzene rings is 1. The molecule has 1 atom stereocenters. The summed E-state index contributed by atoms with van der Waals surface area (Å²) in [5, 5.41) is 2.74. The van der Waals surface area contributed by atoms with Gasteiger partial charge in [-0.05, 0) is 49.1 Å². The molecule has 0 bridgehead atoms. The van der Waals surface area contributed by atoms with Gasteiger partial charge in [0, 0.05) is 44.3 Å². The van der Waals surface area contributed by atoms with Crippen LogP contribution in [-0.4, -0.2) is 68.3 Å². The highest BCUT2D eigenvalue weighted by Gasteiger charge is 2.51. The number of carbonyl (C=O) groups is 3. The Kier molecular flexibility index (Phi) is 7.99. The summed E-state index contributed by atoms with van der Waals surface area (Å²) in [4.78, 5) is 45.8. The molecule has 1 aromatic carbocycles. The fourth-order valence-electron chi connectivity index (χ4n) is 6.54. The van der Waals surface area contributed by atoms with Gasteiger partial charge >= 0.3 is 6.03 Å². The van der Waals surface area contributed by atoms with Crippen LogP contribution >= 0.6 is 11.8 Å². The molecule has 1 aliphatic carbocycles. The molecule has 3 aliphatic heterocycles. The molecule has 5 rings (SSSR count). The number of anilines is 1. The smallest absolute Gasteiger partial charge is 0.322 e. The summed E-state index contributed by atoms with van der Waals surface area (Å²) in [6.45, 7) is 9.37. The molecule has 3 heterocycles. The van der Waals surface area contributed by atoms with Crippen LogP contribution in [-0.2, 0) is 16.1 Å². The number of hydrogen-bond donors (Lipinski definition) is 1. The van der Waals surface area contributed by atoms with Crippen molar-refractivity contribution in [2.24, 2.45) is 5.41 Å². The molecule has 7 nitrogen and oxygen atoms in total. The van der Waals surface area contributed by atoms with Crippen molar-refractivity contribution in [2.45, 2.75) is 108 Å². The summed E-state index contributed by atoms with van der Waals surface area (Å²) < 4.78 is 0. The molecule has 4 amide bonds. The molecule has 4 aliphatic rings. The zero-order chi connectivity index (χ0) is 26.9. The number of amides is 4. The Morgan fingerprint density at radius 2 is 1.74 bits per heavy atom. The molecule has 0 radical (unpaired) electrons. The van der Waals surface area contributed by atoms with Gasteiger partial charge in [-0.3, -0.25) is 9.59 Å². The number of piperidine rings is 1. The van der Waals surface area contributed by atoms with Gasteiger partial charge in [-0.25, -0.2) is 4.79 Å². The predicted molar refractivity (Wildman–Crippen MR) is 153 cm³/mol. The van der Waals surface area contributed by atoms with E-state index >= 15 is 0 Å². The van der Waals surface area contributed by atoms with E-state index in [-0.39, 0.29) is 39.4 Å². The van der Waals surface area contributed by atoms with Gasteiger partial charge in [0.05, 0.1) is 10.1 Å². The topological polar surface area (TPSA) is 73.0 Å². The van der Waals surface area contributed by atoms with Crippen molar-refractivity contribution < 1.29 is 14.4 Å². The molecule has 2 saturated heterocycles. The number of hydrogen-bond acceptors (Lipinski definition) is 4. The van der Waals surface area contributed by atoms with E-state index in [1.54, 1.807) is 11.8 Å². The molecule has 8 heteroatoms. The monoisotopic (exact) mass is 540 g/mol. The first-order chi connectivity index (χ1) is 18.2. The lowest BCUT2D eigenvalue weighted by molar-refractivity contribution is -0.138. The number of urea groups is 1. The molecule has 1 saturated carbocycles. The minimum atomic E-state index is -0.275. The fraction of sp³-hybridized carbons (Fsp3) is 0.700. The third-order valence-electron chi connectivity index (χ3n) is 8.84. The number of nitrogens with one attached hydrogen (secondary N) is 1. The Morgan fingerprint density at radius 1 is 1.05 bits per heavy atom. The SMILES string of the molecule is CC(C)(C)CCN1C(=O)C(CC(=O)N2CCC(N3Cc4ccccc4NC3=O)CC2)SC12CCCCCC2. The lowest BCUT2D eigenvalue weighted by Gasteiger charge is -2.40. The molecular formula is C30H44N4O3S. The maximum atomic E-state index is 13.7. The quantitative estimate of drug-likeness (QED) is 0.509. The summed E-state index contributed by atoms with van der Waals surface area (Å²) in [6.07, 6.45) is 9.71. The fourth-order valence-corrected chi connectivity index (χ4v) is 8.36. The highest BCUT2D eigenvalue weighted by atomic mass is 32.2. The summed E-state index contributed by atoms with van der Waals surface area (Å²) in [5.41, 5.74) is 2.19. The van der Waals surface area contributed by atoms with E-state index in [2.05, 4.69) is 37.1 Å². The first kappa shape index (κ1) is 27.4. The molecule has 1 N–H and O–H groups in total. The average molecular weight is 541 g/mol. The van der Waals surface area contributed by atoms with Gasteiger partial charge in [-0.1, -0.05) is 64.7 Å². The molecule has 3 fully saturated rings. The molecule has 1 aromatic rings. The highest BCUT2D eigenvalue weighted by molar-refractivity contribution is 8.02. The number of nitrogens with zero attached hydrogens (tertiary/aromatic N) is 3. The third kappa shape index (κ3) is 5.85. The molecule has 1 spiro atoms. The molecule has 38 heavy (non-hydrogen) atoms. The zero-order valence-corrected chi connectivity index (χ0v) is 24.2. The van der Waals surface area contributed by atoms with Crippen molar-refractivity contribution in [3.05, 3.63) is 29.8 Å². The van der Waals surface area contributed by atoms with Crippen LogP contribution in [0, 0.1) is 5.41 Å². The maximum absolute atomic E-state index is 13.7. The number of carbonyl (C=O) groups excluding carboxylic acids is 3. The van der Waals surface area contributed by atoms with E-state index in [4.69, 9.17) is 0 Å². The van der Waals surface area contributed by atoms with Gasteiger partial charge in [0.2, 0.25) is 11.8 Å². The zero-order valence-electron chi connectivity index (χ0n) is 23.3. The summed E-state index contributed by atoms with van der Waals surface area (Å²) in [5.74, 6) is 0.261. The average Bonchev–Trinajstić information content (AvgIpc) is 3.01. The Hall–Kier alpha value is -2.22. The minimum Gasteiger partial charge on any atom is -0.342 e. The Balaban J connectivity index is 1.19. The van der Waals surface area contributed by atoms with E-state index in [0.29, 0.717) is 26.1 Å². The normalized spacial score (nSPS) is 24.4. The Labute approximate surface area is 232 Å². The van der Waals surface area contributed by atoms with Crippen LogP contribution < -0.4 is 5.32 Å². The largest absolute Gasteiger partial charge is 0.342 e. The van der Waals surface area contributed by atoms with Gasteiger partial charge in [-0.2, -0.15) is 0 Å². The van der Waals surface area contributed by atoms with Crippen molar-refractivity contribution in [1.82, 2.24) is 14.7 Å². The van der Waals surface area contributed by atoms with Crippen molar-refractivity contribution in [1.29, 1.82) is 0 Å². The first-order valence-electron chi connectivity index (χ1n) is 14.6. The van der Waals surface area contributed by atoms with Crippen LogP contribution in [0.3, 0.4) is 0 Å². The van der Waals surface area contributed by atoms with Gasteiger partial charge in [0.25, 0.3) is 0 Å².